The van der Waals surface area contributed by atoms with Gasteiger partial charge in [0.25, 0.3) is 5.91 Å². The first-order valence-corrected chi connectivity index (χ1v) is 7.67. The van der Waals surface area contributed by atoms with Crippen molar-refractivity contribution >= 4 is 28.8 Å². The second-order valence-corrected chi connectivity index (χ2v) is 5.74. The minimum absolute atomic E-state index is 0.110. The summed E-state index contributed by atoms with van der Waals surface area (Å²) in [6.45, 7) is 2.45. The van der Waals surface area contributed by atoms with Crippen LogP contribution in [0.5, 0.6) is 5.75 Å². The molecule has 0 radical (unpaired) electrons. The molecule has 1 atom stereocenters. The molecular weight excluding hydrogens is 294 g/mol. The first-order chi connectivity index (χ1) is 9.69. The molecule has 0 spiro atoms. The Morgan fingerprint density at radius 2 is 2.25 bits per heavy atom. The molecule has 0 saturated carbocycles. The number of thiophene rings is 1. The fraction of sp³-hybridized carbons (Fsp3) is 0.267. The van der Waals surface area contributed by atoms with Gasteiger partial charge in [0.2, 0.25) is 0 Å². The number of benzene rings is 1. The standard InChI is InChI=1S/C15H16ClNO2S/c1-2-14(19-12-6-3-5-11(16)9-12)15(18)17-10-13-7-4-8-20-13/h3-9,14H,2,10H2,1H3,(H,17,18). The van der Waals surface area contributed by atoms with Gasteiger partial charge in [0, 0.05) is 9.90 Å². The van der Waals surface area contributed by atoms with Gasteiger partial charge in [0.1, 0.15) is 5.75 Å². The Morgan fingerprint density at radius 3 is 2.90 bits per heavy atom. The van der Waals surface area contributed by atoms with Gasteiger partial charge in [-0.25, -0.2) is 0 Å². The Kier molecular flexibility index (Phi) is 5.44. The van der Waals surface area contributed by atoms with Crippen molar-refractivity contribution in [3.8, 4) is 5.75 Å². The molecule has 0 fully saturated rings. The largest absolute Gasteiger partial charge is 0.481 e. The molecule has 1 aromatic heterocycles. The van der Waals surface area contributed by atoms with E-state index in [1.165, 1.54) is 0 Å². The summed E-state index contributed by atoms with van der Waals surface area (Å²) in [5, 5.41) is 5.47. The summed E-state index contributed by atoms with van der Waals surface area (Å²) in [5.74, 6) is 0.497. The molecule has 1 aromatic carbocycles. The molecule has 0 aliphatic heterocycles. The van der Waals surface area contributed by atoms with Gasteiger partial charge < -0.3 is 10.1 Å². The Balaban J connectivity index is 1.92. The van der Waals surface area contributed by atoms with E-state index in [9.17, 15) is 4.79 Å². The minimum Gasteiger partial charge on any atom is -0.481 e. The SMILES string of the molecule is CCC(Oc1cccc(Cl)c1)C(=O)NCc1cccs1. The molecular formula is C15H16ClNO2S. The van der Waals surface area contributed by atoms with E-state index in [4.69, 9.17) is 16.3 Å². The molecule has 106 valence electrons. The summed E-state index contributed by atoms with van der Waals surface area (Å²) in [7, 11) is 0. The number of hydrogen-bond donors (Lipinski definition) is 1. The van der Waals surface area contributed by atoms with E-state index in [1.54, 1.807) is 35.6 Å². The van der Waals surface area contributed by atoms with Gasteiger partial charge in [0.15, 0.2) is 6.10 Å². The lowest BCUT2D eigenvalue weighted by molar-refractivity contribution is -0.128. The molecule has 0 aliphatic carbocycles. The van der Waals surface area contributed by atoms with Crippen LogP contribution in [0, 0.1) is 0 Å². The Bertz CT molecular complexity index is 557. The van der Waals surface area contributed by atoms with Crippen molar-refractivity contribution in [2.24, 2.45) is 0 Å². The van der Waals surface area contributed by atoms with Crippen LogP contribution in [0.3, 0.4) is 0 Å². The van der Waals surface area contributed by atoms with Crippen molar-refractivity contribution in [3.63, 3.8) is 0 Å². The first kappa shape index (κ1) is 14.9. The number of amides is 1. The number of hydrogen-bond acceptors (Lipinski definition) is 3. The summed E-state index contributed by atoms with van der Waals surface area (Å²) in [6, 6.07) is 11.0. The van der Waals surface area contributed by atoms with E-state index >= 15 is 0 Å². The second kappa shape index (κ2) is 7.31. The summed E-state index contributed by atoms with van der Waals surface area (Å²) in [6.07, 6.45) is 0.0939. The minimum atomic E-state index is -0.506. The monoisotopic (exact) mass is 309 g/mol. The van der Waals surface area contributed by atoms with Gasteiger partial charge in [-0.2, -0.15) is 0 Å². The van der Waals surface area contributed by atoms with Gasteiger partial charge >= 0.3 is 0 Å². The van der Waals surface area contributed by atoms with Gasteiger partial charge in [-0.3, -0.25) is 4.79 Å². The van der Waals surface area contributed by atoms with Crippen molar-refractivity contribution in [1.29, 1.82) is 0 Å². The van der Waals surface area contributed by atoms with Crippen LogP contribution in [0.25, 0.3) is 0 Å². The fourth-order valence-corrected chi connectivity index (χ4v) is 2.55. The lowest BCUT2D eigenvalue weighted by Gasteiger charge is -2.17. The molecule has 0 saturated heterocycles. The van der Waals surface area contributed by atoms with E-state index < -0.39 is 6.10 Å². The van der Waals surface area contributed by atoms with Crippen molar-refractivity contribution in [2.45, 2.75) is 26.0 Å². The van der Waals surface area contributed by atoms with Crippen LogP contribution in [0.4, 0.5) is 0 Å². The van der Waals surface area contributed by atoms with Crippen LogP contribution in [-0.2, 0) is 11.3 Å². The number of nitrogens with one attached hydrogen (secondary N) is 1. The molecule has 2 aromatic rings. The molecule has 0 bridgehead atoms. The van der Waals surface area contributed by atoms with Crippen molar-refractivity contribution < 1.29 is 9.53 Å². The van der Waals surface area contributed by atoms with Crippen molar-refractivity contribution in [1.82, 2.24) is 5.32 Å². The maximum Gasteiger partial charge on any atom is 0.261 e. The summed E-state index contributed by atoms with van der Waals surface area (Å²) >= 11 is 7.52. The predicted octanol–water partition coefficient (Wildman–Crippen LogP) is 3.88. The Labute approximate surface area is 127 Å². The van der Waals surface area contributed by atoms with Gasteiger partial charge in [-0.05, 0) is 36.1 Å². The molecule has 1 unspecified atom stereocenters. The third-order valence-corrected chi connectivity index (χ3v) is 3.87. The highest BCUT2D eigenvalue weighted by Crippen LogP contribution is 2.19. The maximum absolute atomic E-state index is 12.1. The molecule has 0 aliphatic rings. The quantitative estimate of drug-likeness (QED) is 0.879. The van der Waals surface area contributed by atoms with E-state index in [0.717, 1.165) is 4.88 Å². The molecule has 5 heteroatoms. The predicted molar refractivity (Wildman–Crippen MR) is 82.3 cm³/mol. The lowest BCUT2D eigenvalue weighted by atomic mass is 10.2. The second-order valence-electron chi connectivity index (χ2n) is 4.27. The van der Waals surface area contributed by atoms with Crippen LogP contribution in [0.2, 0.25) is 5.02 Å². The zero-order valence-corrected chi connectivity index (χ0v) is 12.7. The van der Waals surface area contributed by atoms with Crippen LogP contribution in [0.15, 0.2) is 41.8 Å². The van der Waals surface area contributed by atoms with E-state index in [1.807, 2.05) is 24.4 Å². The number of rotatable bonds is 6. The third kappa shape index (κ3) is 4.25. The average molecular weight is 310 g/mol. The third-order valence-electron chi connectivity index (χ3n) is 2.75. The lowest BCUT2D eigenvalue weighted by Crippen LogP contribution is -2.37. The fourth-order valence-electron chi connectivity index (χ4n) is 1.73. The molecule has 1 heterocycles. The average Bonchev–Trinajstić information content (AvgIpc) is 2.95. The van der Waals surface area contributed by atoms with Crippen LogP contribution in [0.1, 0.15) is 18.2 Å². The number of carbonyl (C=O) groups is 1. The number of ether oxygens (including phenoxy) is 1. The highest BCUT2D eigenvalue weighted by molar-refractivity contribution is 7.09. The zero-order valence-electron chi connectivity index (χ0n) is 11.1. The van der Waals surface area contributed by atoms with Crippen molar-refractivity contribution in [2.75, 3.05) is 0 Å². The van der Waals surface area contributed by atoms with Crippen molar-refractivity contribution in [3.05, 3.63) is 51.7 Å². The molecule has 20 heavy (non-hydrogen) atoms. The molecule has 2 rings (SSSR count). The summed E-state index contributed by atoms with van der Waals surface area (Å²) in [5.41, 5.74) is 0. The molecule has 1 amide bonds. The first-order valence-electron chi connectivity index (χ1n) is 6.41. The number of halogens is 1. The van der Waals surface area contributed by atoms with E-state index in [-0.39, 0.29) is 5.91 Å². The summed E-state index contributed by atoms with van der Waals surface area (Å²) in [4.78, 5) is 13.2. The van der Waals surface area contributed by atoms with Crippen LogP contribution < -0.4 is 10.1 Å². The van der Waals surface area contributed by atoms with E-state index in [2.05, 4.69) is 5.32 Å². The Hall–Kier alpha value is -1.52. The topological polar surface area (TPSA) is 38.3 Å². The van der Waals surface area contributed by atoms with Crippen LogP contribution in [-0.4, -0.2) is 12.0 Å². The smallest absolute Gasteiger partial charge is 0.261 e. The number of carbonyl (C=O) groups excluding carboxylic acids is 1. The highest BCUT2D eigenvalue weighted by Gasteiger charge is 2.18. The highest BCUT2D eigenvalue weighted by atomic mass is 35.5. The molecule has 3 nitrogen and oxygen atoms in total. The zero-order chi connectivity index (χ0) is 14.4. The Morgan fingerprint density at radius 1 is 1.40 bits per heavy atom. The normalized spacial score (nSPS) is 11.9. The summed E-state index contributed by atoms with van der Waals surface area (Å²) < 4.78 is 5.68. The maximum atomic E-state index is 12.1. The van der Waals surface area contributed by atoms with Gasteiger partial charge in [0.05, 0.1) is 6.54 Å². The van der Waals surface area contributed by atoms with Gasteiger partial charge in [-0.15, -0.1) is 11.3 Å². The van der Waals surface area contributed by atoms with E-state index in [0.29, 0.717) is 23.7 Å². The van der Waals surface area contributed by atoms with Gasteiger partial charge in [-0.1, -0.05) is 30.7 Å². The van der Waals surface area contributed by atoms with Crippen LogP contribution >= 0.6 is 22.9 Å². The molecule has 1 N–H and O–H groups in total.